The fourth-order valence-electron chi connectivity index (χ4n) is 7.78. The zero-order valence-corrected chi connectivity index (χ0v) is 17.4. The van der Waals surface area contributed by atoms with Gasteiger partial charge in [-0.25, -0.2) is 0 Å². The average molecular weight is 373 g/mol. The van der Waals surface area contributed by atoms with Crippen LogP contribution in [0.3, 0.4) is 0 Å². The van der Waals surface area contributed by atoms with E-state index >= 15 is 0 Å². The molecular formula is C24H36O3. The molecule has 0 aliphatic heterocycles. The van der Waals surface area contributed by atoms with Crippen LogP contribution in [0.15, 0.2) is 11.1 Å². The van der Waals surface area contributed by atoms with Gasteiger partial charge in [0.15, 0.2) is 0 Å². The number of carboxylic acids is 1. The lowest BCUT2D eigenvalue weighted by molar-refractivity contribution is -0.137. The van der Waals surface area contributed by atoms with Crippen molar-refractivity contribution in [3.05, 3.63) is 11.1 Å². The third-order valence-electron chi connectivity index (χ3n) is 9.38. The first-order chi connectivity index (χ1) is 12.8. The van der Waals surface area contributed by atoms with Gasteiger partial charge in [0.25, 0.3) is 0 Å². The Morgan fingerprint density at radius 2 is 1.93 bits per heavy atom. The molecule has 0 bridgehead atoms. The van der Waals surface area contributed by atoms with Crippen LogP contribution in [0.25, 0.3) is 0 Å². The van der Waals surface area contributed by atoms with Crippen molar-refractivity contribution in [2.75, 3.05) is 0 Å². The molecule has 0 aromatic heterocycles. The number of aliphatic carboxylic acids is 1. The minimum Gasteiger partial charge on any atom is -0.481 e. The highest BCUT2D eigenvalue weighted by Gasteiger charge is 2.55. The first-order valence-corrected chi connectivity index (χ1v) is 11.2. The van der Waals surface area contributed by atoms with Gasteiger partial charge in [-0.05, 0) is 85.9 Å². The molecule has 3 fully saturated rings. The van der Waals surface area contributed by atoms with Crippen LogP contribution in [0.5, 0.6) is 0 Å². The smallest absolute Gasteiger partial charge is 0.303 e. The van der Waals surface area contributed by atoms with E-state index in [9.17, 15) is 9.59 Å². The average Bonchev–Trinajstić information content (AvgIpc) is 2.97. The largest absolute Gasteiger partial charge is 0.481 e. The van der Waals surface area contributed by atoms with Crippen molar-refractivity contribution in [2.24, 2.45) is 34.5 Å². The normalized spacial score (nSPS) is 42.3. The Balaban J connectivity index is 1.60. The SMILES string of the molecule is C[C@H](CCC(=O)O)[C@H]1CCC2=C3CC[C@@H]4CC(=O)CC[C@]4(C)[C@H]3CC[C@@]21C. The van der Waals surface area contributed by atoms with Crippen molar-refractivity contribution >= 4 is 11.8 Å². The maximum Gasteiger partial charge on any atom is 0.303 e. The van der Waals surface area contributed by atoms with Crippen LogP contribution in [0.4, 0.5) is 0 Å². The van der Waals surface area contributed by atoms with E-state index in [0.29, 0.717) is 41.3 Å². The topological polar surface area (TPSA) is 54.4 Å². The molecule has 0 heterocycles. The summed E-state index contributed by atoms with van der Waals surface area (Å²) in [5, 5.41) is 9.08. The number of rotatable bonds is 4. The molecule has 0 saturated heterocycles. The van der Waals surface area contributed by atoms with Crippen molar-refractivity contribution in [2.45, 2.75) is 91.4 Å². The number of carboxylic acid groups (broad SMARTS) is 1. The Hall–Kier alpha value is -1.12. The molecule has 1 N–H and O–H groups in total. The first-order valence-electron chi connectivity index (χ1n) is 11.2. The molecule has 0 amide bonds. The fourth-order valence-corrected chi connectivity index (χ4v) is 7.78. The van der Waals surface area contributed by atoms with Crippen LogP contribution in [0, 0.1) is 34.5 Å². The Morgan fingerprint density at radius 3 is 2.67 bits per heavy atom. The predicted octanol–water partition coefficient (Wildman–Crippen LogP) is 5.78. The van der Waals surface area contributed by atoms with Gasteiger partial charge in [0.1, 0.15) is 5.78 Å². The highest BCUT2D eigenvalue weighted by atomic mass is 16.4. The van der Waals surface area contributed by atoms with Gasteiger partial charge < -0.3 is 5.11 Å². The van der Waals surface area contributed by atoms with Crippen molar-refractivity contribution in [3.63, 3.8) is 0 Å². The molecule has 4 aliphatic rings. The summed E-state index contributed by atoms with van der Waals surface area (Å²) in [6.07, 6.45) is 11.2. The Labute approximate surface area is 164 Å². The molecule has 0 unspecified atom stereocenters. The van der Waals surface area contributed by atoms with Crippen LogP contribution in [0.2, 0.25) is 0 Å². The number of carbonyl (C=O) groups is 2. The standard InChI is InChI=1S/C24H36O3/c1-15(4-9-22(26)27)19-7-8-20-18-6-5-16-14-17(25)10-12-23(16,2)21(18)11-13-24(19,20)3/h15-16,19,21H,4-14H2,1-3H3,(H,26,27)/t15-,16-,19-,21+,23+,24-/m1/s1. The van der Waals surface area contributed by atoms with Gasteiger partial charge in [-0.3, -0.25) is 9.59 Å². The number of ketones is 1. The molecule has 6 atom stereocenters. The Bertz CT molecular complexity index is 677. The van der Waals surface area contributed by atoms with Crippen molar-refractivity contribution < 1.29 is 14.7 Å². The van der Waals surface area contributed by atoms with E-state index in [2.05, 4.69) is 20.8 Å². The monoisotopic (exact) mass is 372 g/mol. The van der Waals surface area contributed by atoms with Gasteiger partial charge in [0.2, 0.25) is 0 Å². The molecule has 27 heavy (non-hydrogen) atoms. The third-order valence-corrected chi connectivity index (χ3v) is 9.38. The van der Waals surface area contributed by atoms with Crippen LogP contribution in [-0.4, -0.2) is 16.9 Å². The van der Waals surface area contributed by atoms with E-state index in [1.54, 1.807) is 11.1 Å². The molecule has 4 aliphatic carbocycles. The molecular weight excluding hydrogens is 336 g/mol. The van der Waals surface area contributed by atoms with Crippen LogP contribution in [-0.2, 0) is 9.59 Å². The molecule has 0 spiro atoms. The Morgan fingerprint density at radius 1 is 1.15 bits per heavy atom. The van der Waals surface area contributed by atoms with Crippen molar-refractivity contribution in [1.29, 1.82) is 0 Å². The molecule has 0 aromatic carbocycles. The fraction of sp³-hybridized carbons (Fsp3) is 0.833. The van der Waals surface area contributed by atoms with Gasteiger partial charge in [0, 0.05) is 19.3 Å². The summed E-state index contributed by atoms with van der Waals surface area (Å²) in [6, 6.07) is 0. The van der Waals surface area contributed by atoms with Gasteiger partial charge in [-0.15, -0.1) is 0 Å². The van der Waals surface area contributed by atoms with Gasteiger partial charge in [-0.1, -0.05) is 31.9 Å². The van der Waals surface area contributed by atoms with Crippen molar-refractivity contribution in [1.82, 2.24) is 0 Å². The van der Waals surface area contributed by atoms with E-state index < -0.39 is 5.97 Å². The van der Waals surface area contributed by atoms with Crippen molar-refractivity contribution in [3.8, 4) is 0 Å². The lowest BCUT2D eigenvalue weighted by Crippen LogP contribution is -2.47. The first kappa shape index (κ1) is 19.2. The summed E-state index contributed by atoms with van der Waals surface area (Å²) in [4.78, 5) is 23.1. The Kier molecular flexibility index (Phi) is 4.79. The number of fused-ring (bicyclic) bond motifs is 4. The second-order valence-electron chi connectivity index (χ2n) is 10.6. The summed E-state index contributed by atoms with van der Waals surface area (Å²) in [5.74, 6) is 2.25. The van der Waals surface area contributed by atoms with E-state index in [-0.39, 0.29) is 5.41 Å². The molecule has 3 nitrogen and oxygen atoms in total. The zero-order valence-electron chi connectivity index (χ0n) is 17.4. The highest BCUT2D eigenvalue weighted by Crippen LogP contribution is 2.65. The van der Waals surface area contributed by atoms with E-state index in [1.807, 2.05) is 0 Å². The molecule has 4 rings (SSSR count). The maximum absolute atomic E-state index is 12.0. The molecule has 150 valence electrons. The molecule has 3 saturated carbocycles. The van der Waals surface area contributed by atoms with Crippen LogP contribution in [0.1, 0.15) is 91.4 Å². The number of carbonyl (C=O) groups excluding carboxylic acids is 1. The van der Waals surface area contributed by atoms with E-state index in [4.69, 9.17) is 5.11 Å². The van der Waals surface area contributed by atoms with Gasteiger partial charge >= 0.3 is 5.97 Å². The van der Waals surface area contributed by atoms with E-state index in [1.165, 1.54) is 38.5 Å². The summed E-state index contributed by atoms with van der Waals surface area (Å²) in [6.45, 7) is 7.25. The minimum atomic E-state index is -0.662. The lowest BCUT2D eigenvalue weighted by atomic mass is 9.49. The van der Waals surface area contributed by atoms with Crippen LogP contribution < -0.4 is 0 Å². The molecule has 3 heteroatoms. The highest BCUT2D eigenvalue weighted by molar-refractivity contribution is 5.79. The number of allylic oxidation sites excluding steroid dienone is 2. The predicted molar refractivity (Wildman–Crippen MR) is 106 cm³/mol. The second kappa shape index (κ2) is 6.74. The third kappa shape index (κ3) is 3.00. The quantitative estimate of drug-likeness (QED) is 0.636. The van der Waals surface area contributed by atoms with Gasteiger partial charge in [-0.2, -0.15) is 0 Å². The van der Waals surface area contributed by atoms with Gasteiger partial charge in [0.05, 0.1) is 0 Å². The zero-order chi connectivity index (χ0) is 19.4. The lowest BCUT2D eigenvalue weighted by Gasteiger charge is -2.56. The second-order valence-corrected chi connectivity index (χ2v) is 10.6. The molecule has 0 radical (unpaired) electrons. The summed E-state index contributed by atoms with van der Waals surface area (Å²) >= 11 is 0. The summed E-state index contributed by atoms with van der Waals surface area (Å²) in [5.41, 5.74) is 4.15. The summed E-state index contributed by atoms with van der Waals surface area (Å²) in [7, 11) is 0. The minimum absolute atomic E-state index is 0.289. The van der Waals surface area contributed by atoms with E-state index in [0.717, 1.165) is 25.7 Å². The molecule has 0 aromatic rings. The number of hydrogen-bond donors (Lipinski definition) is 1. The summed E-state index contributed by atoms with van der Waals surface area (Å²) < 4.78 is 0. The maximum atomic E-state index is 12.0. The number of Topliss-reactive ketones (excluding diaryl/α,β-unsaturated/α-hetero) is 1. The van der Waals surface area contributed by atoms with Crippen LogP contribution >= 0.6 is 0 Å². The number of hydrogen-bond acceptors (Lipinski definition) is 2.